The van der Waals surface area contributed by atoms with E-state index in [4.69, 9.17) is 18.8 Å². The van der Waals surface area contributed by atoms with Crippen molar-refractivity contribution in [1.29, 1.82) is 0 Å². The lowest BCUT2D eigenvalue weighted by molar-refractivity contribution is 0.669. The van der Waals surface area contributed by atoms with Crippen molar-refractivity contribution in [2.24, 2.45) is 0 Å². The molecule has 0 bridgehead atoms. The second kappa shape index (κ2) is 11.2. The van der Waals surface area contributed by atoms with E-state index >= 15 is 0 Å². The molecule has 0 amide bonds. The first kappa shape index (κ1) is 28.8. The summed E-state index contributed by atoms with van der Waals surface area (Å²) in [5.41, 5.74) is 13.2. The first-order valence-electron chi connectivity index (χ1n) is 17.5. The Morgan fingerprint density at radius 2 is 0.865 bits per heavy atom. The van der Waals surface area contributed by atoms with Crippen LogP contribution in [0.25, 0.3) is 110 Å². The summed E-state index contributed by atoms with van der Waals surface area (Å²) < 4.78 is 13.1. The molecule has 52 heavy (non-hydrogen) atoms. The van der Waals surface area contributed by atoms with Gasteiger partial charge in [0.05, 0.1) is 22.4 Å². The molecule has 0 radical (unpaired) electrons. The highest BCUT2D eigenvalue weighted by Gasteiger charge is 2.19. The van der Waals surface area contributed by atoms with Gasteiger partial charge in [-0.3, -0.25) is 0 Å². The predicted octanol–water partition coefficient (Wildman–Crippen LogP) is 13.2. The summed E-state index contributed by atoms with van der Waals surface area (Å²) in [6, 6.07) is 58.9. The zero-order valence-electron chi connectivity index (χ0n) is 27.9. The smallest absolute Gasteiger partial charge is 0.143 e. The SMILES string of the molecule is c1ccc(-c2ccc3ccc4ccc(-c5cc(-c6cccc7c6oc6ccccc67)ccc5-c5cccc6c5oc5ccccc56)nc4c3n2)cc1. The molecule has 11 rings (SSSR count). The molecule has 4 aromatic heterocycles. The fraction of sp³-hybridized carbons (Fsp3) is 0. The lowest BCUT2D eigenvalue weighted by Gasteiger charge is -2.14. The molecule has 242 valence electrons. The Bertz CT molecular complexity index is 3190. The van der Waals surface area contributed by atoms with Crippen molar-refractivity contribution >= 4 is 65.7 Å². The van der Waals surface area contributed by atoms with Gasteiger partial charge in [-0.1, -0.05) is 140 Å². The van der Waals surface area contributed by atoms with Crippen LogP contribution >= 0.6 is 0 Å². The van der Waals surface area contributed by atoms with Crippen molar-refractivity contribution in [3.8, 4) is 44.8 Å². The van der Waals surface area contributed by atoms with Gasteiger partial charge in [0.15, 0.2) is 0 Å². The topological polar surface area (TPSA) is 52.1 Å². The molecule has 0 saturated carbocycles. The summed E-state index contributed by atoms with van der Waals surface area (Å²) in [7, 11) is 0. The Hall–Kier alpha value is -7.04. The van der Waals surface area contributed by atoms with Gasteiger partial charge in [0, 0.05) is 54.6 Å². The minimum atomic E-state index is 0.855. The zero-order chi connectivity index (χ0) is 34.2. The van der Waals surface area contributed by atoms with Crippen LogP contribution in [-0.4, -0.2) is 9.97 Å². The third-order valence-corrected chi connectivity index (χ3v) is 10.3. The highest BCUT2D eigenvalue weighted by atomic mass is 16.3. The van der Waals surface area contributed by atoms with Gasteiger partial charge in [-0.2, -0.15) is 0 Å². The van der Waals surface area contributed by atoms with E-state index in [0.717, 1.165) is 110 Å². The van der Waals surface area contributed by atoms with E-state index in [1.54, 1.807) is 0 Å². The molecule has 0 spiro atoms. The Morgan fingerprint density at radius 1 is 0.327 bits per heavy atom. The molecule has 4 heteroatoms. The van der Waals surface area contributed by atoms with E-state index in [1.807, 2.05) is 42.5 Å². The van der Waals surface area contributed by atoms with Crippen molar-refractivity contribution < 1.29 is 8.83 Å². The van der Waals surface area contributed by atoms with Crippen LogP contribution < -0.4 is 0 Å². The number of hydrogen-bond donors (Lipinski definition) is 0. The van der Waals surface area contributed by atoms with Crippen molar-refractivity contribution in [2.75, 3.05) is 0 Å². The molecule has 4 heterocycles. The largest absolute Gasteiger partial charge is 0.455 e. The number of hydrogen-bond acceptors (Lipinski definition) is 4. The normalized spacial score (nSPS) is 11.8. The van der Waals surface area contributed by atoms with Crippen molar-refractivity contribution in [3.05, 3.63) is 170 Å². The zero-order valence-corrected chi connectivity index (χ0v) is 27.9. The molecular formula is C48H28N2O2. The summed E-state index contributed by atoms with van der Waals surface area (Å²) in [4.78, 5) is 10.6. The second-order valence-corrected chi connectivity index (χ2v) is 13.3. The van der Waals surface area contributed by atoms with Crippen LogP contribution in [0.3, 0.4) is 0 Å². The average molecular weight is 665 g/mol. The van der Waals surface area contributed by atoms with Gasteiger partial charge in [-0.05, 0) is 41.5 Å². The quantitative estimate of drug-likeness (QED) is 0.176. The van der Waals surface area contributed by atoms with Crippen LogP contribution in [0.2, 0.25) is 0 Å². The number of para-hydroxylation sites is 4. The monoisotopic (exact) mass is 664 g/mol. The van der Waals surface area contributed by atoms with Gasteiger partial charge >= 0.3 is 0 Å². The van der Waals surface area contributed by atoms with Crippen molar-refractivity contribution in [3.63, 3.8) is 0 Å². The summed E-state index contributed by atoms with van der Waals surface area (Å²) in [6.45, 7) is 0. The van der Waals surface area contributed by atoms with Crippen LogP contribution in [0.15, 0.2) is 179 Å². The Morgan fingerprint density at radius 3 is 1.56 bits per heavy atom. The summed E-state index contributed by atoms with van der Waals surface area (Å²) in [6.07, 6.45) is 0. The maximum atomic E-state index is 6.57. The average Bonchev–Trinajstić information content (AvgIpc) is 3.79. The molecule has 11 aromatic rings. The first-order chi connectivity index (χ1) is 25.8. The first-order valence-corrected chi connectivity index (χ1v) is 17.5. The summed E-state index contributed by atoms with van der Waals surface area (Å²) in [5.74, 6) is 0. The number of nitrogens with zero attached hydrogens (tertiary/aromatic N) is 2. The van der Waals surface area contributed by atoms with E-state index in [9.17, 15) is 0 Å². The lowest BCUT2D eigenvalue weighted by Crippen LogP contribution is -1.93. The van der Waals surface area contributed by atoms with Crippen LogP contribution in [0.5, 0.6) is 0 Å². The van der Waals surface area contributed by atoms with E-state index in [1.165, 1.54) is 0 Å². The van der Waals surface area contributed by atoms with Gasteiger partial charge in [-0.25, -0.2) is 9.97 Å². The van der Waals surface area contributed by atoms with E-state index in [-0.39, 0.29) is 0 Å². The fourth-order valence-corrected chi connectivity index (χ4v) is 7.78. The molecule has 0 N–H and O–H groups in total. The maximum Gasteiger partial charge on any atom is 0.143 e. The highest BCUT2D eigenvalue weighted by molar-refractivity contribution is 6.12. The number of rotatable bonds is 4. The van der Waals surface area contributed by atoms with Crippen LogP contribution in [0.1, 0.15) is 0 Å². The molecule has 0 unspecified atom stereocenters. The van der Waals surface area contributed by atoms with Gasteiger partial charge in [0.25, 0.3) is 0 Å². The minimum Gasteiger partial charge on any atom is -0.455 e. The Balaban J connectivity index is 1.18. The number of benzene rings is 7. The molecule has 0 atom stereocenters. The van der Waals surface area contributed by atoms with E-state index < -0.39 is 0 Å². The molecule has 0 aliphatic rings. The predicted molar refractivity (Wildman–Crippen MR) is 213 cm³/mol. The minimum absolute atomic E-state index is 0.855. The maximum absolute atomic E-state index is 6.57. The summed E-state index contributed by atoms with van der Waals surface area (Å²) >= 11 is 0. The Kier molecular flexibility index (Phi) is 6.22. The lowest BCUT2D eigenvalue weighted by atomic mass is 9.91. The molecule has 0 fully saturated rings. The Labute approximate surface area is 298 Å². The van der Waals surface area contributed by atoms with Crippen molar-refractivity contribution in [2.45, 2.75) is 0 Å². The van der Waals surface area contributed by atoms with E-state index in [0.29, 0.717) is 0 Å². The third-order valence-electron chi connectivity index (χ3n) is 10.3. The van der Waals surface area contributed by atoms with Gasteiger partial charge < -0.3 is 8.83 Å². The standard InChI is InChI=1S/C48H28N2O2/c1-2-10-29(11-3-1)41-26-23-30-20-21-31-24-27-42(50-46(31)45(30)49-41)40-28-32(33-14-8-16-38-35-12-4-6-18-43(35)51-47(33)38)22-25-34(40)37-15-9-17-39-36-13-5-7-19-44(36)52-48(37)39/h1-28H. The molecule has 0 aliphatic carbocycles. The van der Waals surface area contributed by atoms with Gasteiger partial charge in [0.1, 0.15) is 22.3 Å². The molecular weight excluding hydrogens is 637 g/mol. The molecule has 4 nitrogen and oxygen atoms in total. The second-order valence-electron chi connectivity index (χ2n) is 13.3. The number of aromatic nitrogens is 2. The van der Waals surface area contributed by atoms with Crippen LogP contribution in [0, 0.1) is 0 Å². The van der Waals surface area contributed by atoms with Crippen LogP contribution in [-0.2, 0) is 0 Å². The van der Waals surface area contributed by atoms with E-state index in [2.05, 4.69) is 127 Å². The van der Waals surface area contributed by atoms with Gasteiger partial charge in [-0.15, -0.1) is 0 Å². The van der Waals surface area contributed by atoms with Gasteiger partial charge in [0.2, 0.25) is 0 Å². The highest BCUT2D eigenvalue weighted by Crippen LogP contribution is 2.43. The molecule has 0 saturated heterocycles. The van der Waals surface area contributed by atoms with Crippen LogP contribution in [0.4, 0.5) is 0 Å². The molecule has 0 aliphatic heterocycles. The molecule has 7 aromatic carbocycles. The number of fused-ring (bicyclic) bond motifs is 9. The fourth-order valence-electron chi connectivity index (χ4n) is 7.78. The number of furan rings is 2. The third kappa shape index (κ3) is 4.41. The number of pyridine rings is 2. The van der Waals surface area contributed by atoms with Crippen molar-refractivity contribution in [1.82, 2.24) is 9.97 Å². The summed E-state index contributed by atoms with van der Waals surface area (Å²) in [5, 5.41) is 6.49.